The fourth-order valence-corrected chi connectivity index (χ4v) is 1.74. The highest BCUT2D eigenvalue weighted by atomic mass is 14.9. The van der Waals surface area contributed by atoms with Crippen molar-refractivity contribution in [3.05, 3.63) is 24.2 Å². The van der Waals surface area contributed by atoms with Crippen molar-refractivity contribution in [1.29, 1.82) is 0 Å². The predicted octanol–water partition coefficient (Wildman–Crippen LogP) is 2.34. The molecular weight excluding hydrogens is 200 g/mol. The summed E-state index contributed by atoms with van der Waals surface area (Å²) < 4.78 is 0. The van der Waals surface area contributed by atoms with E-state index in [1.165, 1.54) is 19.2 Å². The lowest BCUT2D eigenvalue weighted by molar-refractivity contribution is 0.717. The first-order valence-electron chi connectivity index (χ1n) is 5.66. The van der Waals surface area contributed by atoms with Gasteiger partial charge < -0.3 is 5.73 Å². The van der Waals surface area contributed by atoms with Gasteiger partial charge in [-0.05, 0) is 24.5 Å². The maximum atomic E-state index is 5.90. The number of aryl methyl sites for hydroxylation is 1. The third-order valence-electron chi connectivity index (χ3n) is 2.65. The fraction of sp³-hybridized carbons (Fsp3) is 0.417. The van der Waals surface area contributed by atoms with E-state index in [1.807, 2.05) is 6.07 Å². The Bertz CT molecular complexity index is 481. The summed E-state index contributed by atoms with van der Waals surface area (Å²) in [5.41, 5.74) is 7.68. The van der Waals surface area contributed by atoms with Crippen molar-refractivity contribution >= 4 is 16.9 Å². The lowest BCUT2D eigenvalue weighted by Crippen LogP contribution is -1.99. The number of fused-ring (bicyclic) bond motifs is 1. The minimum Gasteiger partial charge on any atom is -0.383 e. The Hall–Kier alpha value is -1.71. The Kier molecular flexibility index (Phi) is 3.29. The van der Waals surface area contributed by atoms with E-state index in [2.05, 4.69) is 21.9 Å². The second-order valence-electron chi connectivity index (χ2n) is 3.93. The quantitative estimate of drug-likeness (QED) is 0.797. The van der Waals surface area contributed by atoms with Gasteiger partial charge in [-0.2, -0.15) is 0 Å². The number of nitrogens with two attached hydrogens (primary N) is 1. The molecule has 2 heterocycles. The average molecular weight is 216 g/mol. The van der Waals surface area contributed by atoms with E-state index in [0.29, 0.717) is 11.5 Å². The zero-order chi connectivity index (χ0) is 11.4. The molecule has 2 aromatic rings. The van der Waals surface area contributed by atoms with Gasteiger partial charge >= 0.3 is 0 Å². The summed E-state index contributed by atoms with van der Waals surface area (Å²) in [5, 5.41) is 0.961. The molecule has 0 atom stereocenters. The lowest BCUT2D eigenvalue weighted by Gasteiger charge is -2.05. The molecule has 16 heavy (non-hydrogen) atoms. The fourth-order valence-electron chi connectivity index (χ4n) is 1.74. The van der Waals surface area contributed by atoms with Crippen LogP contribution in [-0.2, 0) is 6.42 Å². The van der Waals surface area contributed by atoms with Crippen LogP contribution in [0.5, 0.6) is 0 Å². The molecule has 0 saturated heterocycles. The van der Waals surface area contributed by atoms with E-state index < -0.39 is 0 Å². The summed E-state index contributed by atoms with van der Waals surface area (Å²) in [7, 11) is 0. The normalized spacial score (nSPS) is 10.8. The van der Waals surface area contributed by atoms with Gasteiger partial charge in [-0.15, -0.1) is 0 Å². The standard InChI is InChI=1S/C12H16N4/c1-2-3-4-5-9-6-10-7-14-8-15-12(10)16-11(9)13/h6-8H,2-5H2,1H3,(H2,13,14,15,16). The predicted molar refractivity (Wildman–Crippen MR) is 65.0 cm³/mol. The molecule has 84 valence electrons. The summed E-state index contributed by atoms with van der Waals surface area (Å²) in [6.07, 6.45) is 7.84. The van der Waals surface area contributed by atoms with E-state index >= 15 is 0 Å². The van der Waals surface area contributed by atoms with E-state index in [0.717, 1.165) is 23.8 Å². The van der Waals surface area contributed by atoms with Crippen LogP contribution in [-0.4, -0.2) is 15.0 Å². The third kappa shape index (κ3) is 2.27. The molecule has 0 amide bonds. The number of nitrogens with zero attached hydrogens (tertiary/aromatic N) is 3. The third-order valence-corrected chi connectivity index (χ3v) is 2.65. The maximum absolute atomic E-state index is 5.90. The number of pyridine rings is 1. The highest BCUT2D eigenvalue weighted by Crippen LogP contribution is 2.18. The van der Waals surface area contributed by atoms with E-state index in [1.54, 1.807) is 6.20 Å². The molecular formula is C12H16N4. The number of nitrogen functional groups attached to an aromatic ring is 1. The minimum atomic E-state index is 0.599. The molecule has 4 heteroatoms. The van der Waals surface area contributed by atoms with Crippen LogP contribution in [0, 0.1) is 0 Å². The van der Waals surface area contributed by atoms with Crippen molar-refractivity contribution in [1.82, 2.24) is 15.0 Å². The second-order valence-corrected chi connectivity index (χ2v) is 3.93. The molecule has 0 aliphatic carbocycles. The van der Waals surface area contributed by atoms with Gasteiger partial charge in [0.25, 0.3) is 0 Å². The van der Waals surface area contributed by atoms with Gasteiger partial charge in [0.15, 0.2) is 5.65 Å². The van der Waals surface area contributed by atoms with E-state index in [4.69, 9.17) is 5.73 Å². The Morgan fingerprint density at radius 1 is 1.31 bits per heavy atom. The molecule has 0 saturated carbocycles. The first-order valence-corrected chi connectivity index (χ1v) is 5.66. The molecule has 0 spiro atoms. The van der Waals surface area contributed by atoms with Gasteiger partial charge in [0.2, 0.25) is 0 Å². The summed E-state index contributed by atoms with van der Waals surface area (Å²) in [6, 6.07) is 2.05. The molecule has 2 aromatic heterocycles. The van der Waals surface area contributed by atoms with Crippen molar-refractivity contribution in [2.75, 3.05) is 5.73 Å². The van der Waals surface area contributed by atoms with Gasteiger partial charge in [-0.1, -0.05) is 19.8 Å². The number of unbranched alkanes of at least 4 members (excludes halogenated alkanes) is 2. The van der Waals surface area contributed by atoms with E-state index in [-0.39, 0.29) is 0 Å². The van der Waals surface area contributed by atoms with Crippen LogP contribution in [0.4, 0.5) is 5.82 Å². The minimum absolute atomic E-state index is 0.599. The largest absolute Gasteiger partial charge is 0.383 e. The maximum Gasteiger partial charge on any atom is 0.164 e. The highest BCUT2D eigenvalue weighted by Gasteiger charge is 2.04. The number of hydrogen-bond acceptors (Lipinski definition) is 4. The summed E-state index contributed by atoms with van der Waals surface area (Å²) in [6.45, 7) is 2.19. The highest BCUT2D eigenvalue weighted by molar-refractivity contribution is 5.76. The molecule has 0 aliphatic rings. The summed E-state index contributed by atoms with van der Waals surface area (Å²) in [5.74, 6) is 0.599. The molecule has 2 N–H and O–H groups in total. The van der Waals surface area contributed by atoms with Crippen LogP contribution in [0.1, 0.15) is 31.7 Å². The molecule has 0 aliphatic heterocycles. The molecule has 0 radical (unpaired) electrons. The summed E-state index contributed by atoms with van der Waals surface area (Å²) in [4.78, 5) is 12.3. The smallest absolute Gasteiger partial charge is 0.164 e. The van der Waals surface area contributed by atoms with Gasteiger partial charge in [0.1, 0.15) is 12.1 Å². The van der Waals surface area contributed by atoms with Crippen LogP contribution >= 0.6 is 0 Å². The van der Waals surface area contributed by atoms with Crippen LogP contribution in [0.15, 0.2) is 18.6 Å². The molecule has 0 fully saturated rings. The topological polar surface area (TPSA) is 64.7 Å². The lowest BCUT2D eigenvalue weighted by atomic mass is 10.1. The van der Waals surface area contributed by atoms with Crippen molar-refractivity contribution in [3.63, 3.8) is 0 Å². The average Bonchev–Trinajstić information content (AvgIpc) is 2.30. The zero-order valence-corrected chi connectivity index (χ0v) is 9.48. The van der Waals surface area contributed by atoms with Gasteiger partial charge in [0.05, 0.1) is 0 Å². The Morgan fingerprint density at radius 2 is 2.19 bits per heavy atom. The van der Waals surface area contributed by atoms with Crippen LogP contribution in [0.3, 0.4) is 0 Å². The first kappa shape index (κ1) is 10.8. The number of anilines is 1. The van der Waals surface area contributed by atoms with Crippen molar-refractivity contribution in [3.8, 4) is 0 Å². The van der Waals surface area contributed by atoms with Crippen molar-refractivity contribution in [2.24, 2.45) is 0 Å². The van der Waals surface area contributed by atoms with Crippen LogP contribution < -0.4 is 5.73 Å². The Labute approximate surface area is 94.9 Å². The summed E-state index contributed by atoms with van der Waals surface area (Å²) >= 11 is 0. The van der Waals surface area contributed by atoms with E-state index in [9.17, 15) is 0 Å². The van der Waals surface area contributed by atoms with Crippen LogP contribution in [0.2, 0.25) is 0 Å². The molecule has 0 bridgehead atoms. The monoisotopic (exact) mass is 216 g/mol. The van der Waals surface area contributed by atoms with Crippen LogP contribution in [0.25, 0.3) is 11.0 Å². The number of hydrogen-bond donors (Lipinski definition) is 1. The molecule has 2 rings (SSSR count). The van der Waals surface area contributed by atoms with Gasteiger partial charge in [-0.25, -0.2) is 15.0 Å². The van der Waals surface area contributed by atoms with Crippen molar-refractivity contribution in [2.45, 2.75) is 32.6 Å². The Morgan fingerprint density at radius 3 is 3.00 bits per heavy atom. The first-order chi connectivity index (χ1) is 7.81. The second kappa shape index (κ2) is 4.88. The number of rotatable bonds is 4. The molecule has 0 aromatic carbocycles. The van der Waals surface area contributed by atoms with Gasteiger partial charge in [0, 0.05) is 11.6 Å². The SMILES string of the molecule is CCCCCc1cc2cncnc2nc1N. The molecule has 0 unspecified atom stereocenters. The molecule has 4 nitrogen and oxygen atoms in total. The van der Waals surface area contributed by atoms with Crippen molar-refractivity contribution < 1.29 is 0 Å². The zero-order valence-electron chi connectivity index (χ0n) is 9.48. The number of aromatic nitrogens is 3. The Balaban J connectivity index is 2.27. The van der Waals surface area contributed by atoms with Gasteiger partial charge in [-0.3, -0.25) is 0 Å².